The lowest BCUT2D eigenvalue weighted by atomic mass is 10.1. The molecule has 0 unspecified atom stereocenters. The molecule has 2 aromatic rings. The number of Topliss-reactive ketones (excluding diaryl/α,β-unsaturated/α-hetero) is 1. The molecular weight excluding hydrogens is 410 g/mol. The Kier molecular flexibility index (Phi) is 5.76. The van der Waals surface area contributed by atoms with Crippen LogP contribution in [-0.4, -0.2) is 11.1 Å². The van der Waals surface area contributed by atoms with Crippen LogP contribution < -0.4 is 4.74 Å². The fourth-order valence-corrected chi connectivity index (χ4v) is 2.68. The fourth-order valence-electron chi connectivity index (χ4n) is 2.00. The van der Waals surface area contributed by atoms with Gasteiger partial charge in [-0.15, -0.1) is 0 Å². The van der Waals surface area contributed by atoms with Crippen LogP contribution in [0.2, 0.25) is 0 Å². The molecular formula is C17H13Br2NO2. The number of carbonyl (C=O) groups excluding carboxylic acids is 1. The van der Waals surface area contributed by atoms with Gasteiger partial charge in [-0.25, -0.2) is 0 Å². The van der Waals surface area contributed by atoms with Gasteiger partial charge in [0.05, 0.1) is 17.0 Å². The maximum atomic E-state index is 11.6. The Labute approximate surface area is 146 Å². The van der Waals surface area contributed by atoms with E-state index in [-0.39, 0.29) is 5.78 Å². The zero-order valence-electron chi connectivity index (χ0n) is 11.9. The molecule has 0 fully saturated rings. The second-order valence-corrected chi connectivity index (χ2v) is 6.22. The first-order valence-electron chi connectivity index (χ1n) is 6.56. The van der Waals surface area contributed by atoms with Crippen LogP contribution in [0.5, 0.6) is 5.75 Å². The summed E-state index contributed by atoms with van der Waals surface area (Å²) in [5, 5.41) is 9.45. The van der Waals surface area contributed by atoms with Gasteiger partial charge in [0.25, 0.3) is 0 Å². The van der Waals surface area contributed by atoms with Crippen LogP contribution >= 0.6 is 31.9 Å². The van der Waals surface area contributed by atoms with Crippen molar-refractivity contribution >= 4 is 37.6 Å². The fraction of sp³-hybridized carbons (Fsp3) is 0.176. The summed E-state index contributed by atoms with van der Waals surface area (Å²) in [6.45, 7) is 2.20. The number of nitriles is 1. The molecule has 112 valence electrons. The van der Waals surface area contributed by atoms with Crippen LogP contribution in [0.15, 0.2) is 40.9 Å². The van der Waals surface area contributed by atoms with Crippen LogP contribution in [0, 0.1) is 18.3 Å². The number of nitrogens with zero attached hydrogens (tertiary/aromatic N) is 1. The standard InChI is InChI=1S/C17H13Br2NO2/c1-11-6-12(16(21)8-18)3-5-17(11)22-10-13-2-4-15(19)7-14(13)9-20/h2-7H,8,10H2,1H3. The molecule has 3 nitrogen and oxygen atoms in total. The normalized spacial score (nSPS) is 10.1. The SMILES string of the molecule is Cc1cc(C(=O)CBr)ccc1OCc1ccc(Br)cc1C#N. The predicted octanol–water partition coefficient (Wildman–Crippen LogP) is 4.79. The van der Waals surface area contributed by atoms with Crippen LogP contribution in [-0.2, 0) is 6.61 Å². The first kappa shape index (κ1) is 16.7. The van der Waals surface area contributed by atoms with Gasteiger partial charge in [0.15, 0.2) is 5.78 Å². The van der Waals surface area contributed by atoms with E-state index in [1.165, 1.54) is 0 Å². The minimum atomic E-state index is 0.0364. The maximum absolute atomic E-state index is 11.6. The molecule has 0 radical (unpaired) electrons. The summed E-state index contributed by atoms with van der Waals surface area (Å²) in [5.74, 6) is 0.743. The zero-order chi connectivity index (χ0) is 16.1. The Morgan fingerprint density at radius 3 is 2.68 bits per heavy atom. The number of carbonyl (C=O) groups is 1. The molecule has 0 aromatic heterocycles. The quantitative estimate of drug-likeness (QED) is 0.514. The highest BCUT2D eigenvalue weighted by atomic mass is 79.9. The van der Waals surface area contributed by atoms with Gasteiger partial charge in [-0.2, -0.15) is 5.26 Å². The Balaban J connectivity index is 2.16. The molecule has 0 atom stereocenters. The number of halogens is 2. The number of hydrogen-bond acceptors (Lipinski definition) is 3. The molecule has 22 heavy (non-hydrogen) atoms. The van der Waals surface area contributed by atoms with E-state index >= 15 is 0 Å². The van der Waals surface area contributed by atoms with E-state index in [9.17, 15) is 4.79 Å². The molecule has 0 saturated heterocycles. The minimum absolute atomic E-state index is 0.0364. The molecule has 0 aliphatic rings. The van der Waals surface area contributed by atoms with Crippen LogP contribution in [0.4, 0.5) is 0 Å². The third kappa shape index (κ3) is 3.96. The van der Waals surface area contributed by atoms with E-state index in [1.54, 1.807) is 18.2 Å². The summed E-state index contributed by atoms with van der Waals surface area (Å²) in [4.78, 5) is 11.6. The van der Waals surface area contributed by atoms with E-state index in [2.05, 4.69) is 37.9 Å². The van der Waals surface area contributed by atoms with Gasteiger partial charge >= 0.3 is 0 Å². The second-order valence-electron chi connectivity index (χ2n) is 4.74. The number of alkyl halides is 1. The molecule has 0 saturated carbocycles. The van der Waals surface area contributed by atoms with Crippen molar-refractivity contribution < 1.29 is 9.53 Å². The van der Waals surface area contributed by atoms with Gasteiger partial charge in [0.2, 0.25) is 0 Å². The minimum Gasteiger partial charge on any atom is -0.489 e. The van der Waals surface area contributed by atoms with Crippen molar-refractivity contribution in [3.05, 3.63) is 63.1 Å². The topological polar surface area (TPSA) is 50.1 Å². The number of ether oxygens (including phenoxy) is 1. The summed E-state index contributed by atoms with van der Waals surface area (Å²) >= 11 is 6.51. The van der Waals surface area contributed by atoms with E-state index in [0.717, 1.165) is 15.6 Å². The van der Waals surface area contributed by atoms with Crippen LogP contribution in [0.3, 0.4) is 0 Å². The molecule has 2 aromatic carbocycles. The molecule has 5 heteroatoms. The summed E-state index contributed by atoms with van der Waals surface area (Å²) in [6, 6.07) is 13.0. The van der Waals surface area contributed by atoms with Gasteiger partial charge in [0, 0.05) is 15.6 Å². The molecule has 2 rings (SSSR count). The summed E-state index contributed by atoms with van der Waals surface area (Å²) in [5.41, 5.74) is 2.95. The number of aryl methyl sites for hydroxylation is 1. The van der Waals surface area contributed by atoms with E-state index < -0.39 is 0 Å². The Hall–Kier alpha value is -1.64. The van der Waals surface area contributed by atoms with Crippen LogP contribution in [0.25, 0.3) is 0 Å². The van der Waals surface area contributed by atoms with E-state index in [0.29, 0.717) is 28.8 Å². The summed E-state index contributed by atoms with van der Waals surface area (Å²) < 4.78 is 6.65. The van der Waals surface area contributed by atoms with Crippen molar-refractivity contribution in [3.63, 3.8) is 0 Å². The lowest BCUT2D eigenvalue weighted by Crippen LogP contribution is -2.03. The third-order valence-corrected chi connectivity index (χ3v) is 4.20. The molecule has 0 aliphatic heterocycles. The second kappa shape index (κ2) is 7.57. The highest BCUT2D eigenvalue weighted by Gasteiger charge is 2.09. The largest absolute Gasteiger partial charge is 0.489 e. The van der Waals surface area contributed by atoms with Crippen molar-refractivity contribution in [2.45, 2.75) is 13.5 Å². The molecule has 0 heterocycles. The highest BCUT2D eigenvalue weighted by molar-refractivity contribution is 9.10. The molecule has 0 N–H and O–H groups in total. The third-order valence-electron chi connectivity index (χ3n) is 3.19. The van der Waals surface area contributed by atoms with Gasteiger partial charge in [-0.05, 0) is 42.8 Å². The molecule has 0 spiro atoms. The molecule has 0 amide bonds. The van der Waals surface area contributed by atoms with Crippen molar-refractivity contribution in [2.75, 3.05) is 5.33 Å². The smallest absolute Gasteiger partial charge is 0.173 e. The first-order chi connectivity index (χ1) is 10.5. The lowest BCUT2D eigenvalue weighted by molar-refractivity contribution is 0.102. The Bertz CT molecular complexity index is 751. The molecule has 0 aliphatic carbocycles. The van der Waals surface area contributed by atoms with E-state index in [1.807, 2.05) is 25.1 Å². The average molecular weight is 423 g/mol. The Morgan fingerprint density at radius 1 is 1.27 bits per heavy atom. The van der Waals surface area contributed by atoms with Crippen molar-refractivity contribution in [1.82, 2.24) is 0 Å². The number of benzene rings is 2. The maximum Gasteiger partial charge on any atom is 0.173 e. The highest BCUT2D eigenvalue weighted by Crippen LogP contribution is 2.23. The Morgan fingerprint density at radius 2 is 2.05 bits per heavy atom. The van der Waals surface area contributed by atoms with Gasteiger partial charge in [-0.3, -0.25) is 4.79 Å². The lowest BCUT2D eigenvalue weighted by Gasteiger charge is -2.11. The first-order valence-corrected chi connectivity index (χ1v) is 8.47. The van der Waals surface area contributed by atoms with Crippen molar-refractivity contribution in [2.24, 2.45) is 0 Å². The monoisotopic (exact) mass is 421 g/mol. The molecule has 0 bridgehead atoms. The average Bonchev–Trinajstić information content (AvgIpc) is 2.53. The van der Waals surface area contributed by atoms with Crippen molar-refractivity contribution in [3.8, 4) is 11.8 Å². The van der Waals surface area contributed by atoms with E-state index in [4.69, 9.17) is 10.00 Å². The number of ketones is 1. The summed E-state index contributed by atoms with van der Waals surface area (Å²) in [7, 11) is 0. The zero-order valence-corrected chi connectivity index (χ0v) is 15.1. The van der Waals surface area contributed by atoms with Gasteiger partial charge in [0.1, 0.15) is 12.4 Å². The number of hydrogen-bond donors (Lipinski definition) is 0. The van der Waals surface area contributed by atoms with Crippen molar-refractivity contribution in [1.29, 1.82) is 5.26 Å². The van der Waals surface area contributed by atoms with Crippen LogP contribution in [0.1, 0.15) is 27.0 Å². The van der Waals surface area contributed by atoms with Gasteiger partial charge in [-0.1, -0.05) is 37.9 Å². The predicted molar refractivity (Wildman–Crippen MR) is 92.5 cm³/mol. The van der Waals surface area contributed by atoms with Gasteiger partial charge < -0.3 is 4.74 Å². The summed E-state index contributed by atoms with van der Waals surface area (Å²) in [6.07, 6.45) is 0. The number of rotatable bonds is 5.